The van der Waals surface area contributed by atoms with E-state index in [1.54, 1.807) is 12.2 Å². The second kappa shape index (κ2) is 5.61. The zero-order valence-electron chi connectivity index (χ0n) is 6.66. The van der Waals surface area contributed by atoms with Crippen molar-refractivity contribution in [3.8, 4) is 0 Å². The molecule has 0 radical (unpaired) electrons. The van der Waals surface area contributed by atoms with Gasteiger partial charge in [0.2, 0.25) is 0 Å². The smallest absolute Gasteiger partial charge is 0.307 e. The molecule has 3 heteroatoms. The quantitative estimate of drug-likeness (QED) is 0.671. The Morgan fingerprint density at radius 3 is 2.58 bits per heavy atom. The Morgan fingerprint density at radius 2 is 2.25 bits per heavy atom. The van der Waals surface area contributed by atoms with E-state index in [2.05, 4.69) is 13.2 Å². The van der Waals surface area contributed by atoms with E-state index in [4.69, 9.17) is 16.7 Å². The first-order valence-corrected chi connectivity index (χ1v) is 3.81. The highest BCUT2D eigenvalue weighted by Gasteiger charge is 2.00. The maximum absolute atomic E-state index is 10.1. The highest BCUT2D eigenvalue weighted by molar-refractivity contribution is 6.29. The van der Waals surface area contributed by atoms with Gasteiger partial charge in [0, 0.05) is 11.0 Å². The SMILES string of the molecule is C=CC(C=CCC(=O)O)C(=C)Cl. The largest absolute Gasteiger partial charge is 0.481 e. The number of carboxylic acids is 1. The predicted molar refractivity (Wildman–Crippen MR) is 50.1 cm³/mol. The molecule has 0 bridgehead atoms. The van der Waals surface area contributed by atoms with Crippen LogP contribution in [0.25, 0.3) is 0 Å². The van der Waals surface area contributed by atoms with Gasteiger partial charge in [-0.05, 0) is 0 Å². The molecule has 66 valence electrons. The van der Waals surface area contributed by atoms with Crippen LogP contribution >= 0.6 is 11.6 Å². The Balaban J connectivity index is 4.02. The van der Waals surface area contributed by atoms with E-state index in [0.29, 0.717) is 5.03 Å². The number of carbonyl (C=O) groups is 1. The Kier molecular flexibility index (Phi) is 5.13. The molecule has 2 nitrogen and oxygen atoms in total. The molecule has 0 rings (SSSR count). The number of carboxylic acid groups (broad SMARTS) is 1. The van der Waals surface area contributed by atoms with Crippen LogP contribution in [-0.2, 0) is 4.79 Å². The van der Waals surface area contributed by atoms with Crippen molar-refractivity contribution in [2.75, 3.05) is 0 Å². The molecule has 12 heavy (non-hydrogen) atoms. The van der Waals surface area contributed by atoms with Gasteiger partial charge in [0.25, 0.3) is 0 Å². The molecule has 0 amide bonds. The molecule has 1 N–H and O–H groups in total. The minimum absolute atomic E-state index is 0.00545. The minimum atomic E-state index is -0.866. The van der Waals surface area contributed by atoms with E-state index in [-0.39, 0.29) is 12.3 Å². The van der Waals surface area contributed by atoms with Crippen molar-refractivity contribution in [1.82, 2.24) is 0 Å². The lowest BCUT2D eigenvalue weighted by molar-refractivity contribution is -0.136. The minimum Gasteiger partial charge on any atom is -0.481 e. The fourth-order valence-electron chi connectivity index (χ4n) is 0.626. The molecule has 0 spiro atoms. The lowest BCUT2D eigenvalue weighted by Crippen LogP contribution is -1.93. The van der Waals surface area contributed by atoms with E-state index in [1.165, 1.54) is 6.08 Å². The first-order valence-electron chi connectivity index (χ1n) is 3.43. The van der Waals surface area contributed by atoms with Gasteiger partial charge in [-0.1, -0.05) is 36.4 Å². The standard InChI is InChI=1S/C9H11ClO2/c1-3-8(7(2)10)5-4-6-9(11)12/h3-5,8H,1-2,6H2,(H,11,12). The van der Waals surface area contributed by atoms with Gasteiger partial charge in [-0.15, -0.1) is 6.58 Å². The van der Waals surface area contributed by atoms with Gasteiger partial charge >= 0.3 is 5.97 Å². The van der Waals surface area contributed by atoms with Gasteiger partial charge in [-0.25, -0.2) is 0 Å². The molecule has 1 atom stereocenters. The van der Waals surface area contributed by atoms with Crippen LogP contribution in [0.2, 0.25) is 0 Å². The third kappa shape index (κ3) is 4.74. The van der Waals surface area contributed by atoms with Crippen LogP contribution in [0, 0.1) is 5.92 Å². The van der Waals surface area contributed by atoms with Crippen molar-refractivity contribution in [2.45, 2.75) is 6.42 Å². The molecule has 0 fully saturated rings. The number of rotatable bonds is 5. The fourth-order valence-corrected chi connectivity index (χ4v) is 0.788. The fraction of sp³-hybridized carbons (Fsp3) is 0.222. The molecule has 0 aromatic heterocycles. The van der Waals surface area contributed by atoms with Gasteiger partial charge in [0.1, 0.15) is 0 Å². The van der Waals surface area contributed by atoms with E-state index in [1.807, 2.05) is 0 Å². The Labute approximate surface area is 76.8 Å². The lowest BCUT2D eigenvalue weighted by Gasteiger charge is -2.02. The zero-order chi connectivity index (χ0) is 9.56. The van der Waals surface area contributed by atoms with Crippen molar-refractivity contribution in [1.29, 1.82) is 0 Å². The first-order chi connectivity index (χ1) is 5.57. The highest BCUT2D eigenvalue weighted by atomic mass is 35.5. The molecule has 0 saturated heterocycles. The van der Waals surface area contributed by atoms with Crippen molar-refractivity contribution in [3.63, 3.8) is 0 Å². The van der Waals surface area contributed by atoms with Gasteiger partial charge in [0.15, 0.2) is 0 Å². The van der Waals surface area contributed by atoms with Gasteiger partial charge in [-0.2, -0.15) is 0 Å². The summed E-state index contributed by atoms with van der Waals surface area (Å²) < 4.78 is 0. The maximum atomic E-state index is 10.1. The van der Waals surface area contributed by atoms with Crippen LogP contribution in [0.5, 0.6) is 0 Å². The van der Waals surface area contributed by atoms with E-state index < -0.39 is 5.97 Å². The zero-order valence-corrected chi connectivity index (χ0v) is 7.42. The van der Waals surface area contributed by atoms with Gasteiger partial charge in [0.05, 0.1) is 6.42 Å². The molecule has 0 aliphatic rings. The highest BCUT2D eigenvalue weighted by Crippen LogP contribution is 2.15. The van der Waals surface area contributed by atoms with E-state index >= 15 is 0 Å². The van der Waals surface area contributed by atoms with Gasteiger partial charge in [-0.3, -0.25) is 4.79 Å². The Morgan fingerprint density at radius 1 is 1.67 bits per heavy atom. The molecule has 0 aromatic rings. The second-order valence-electron chi connectivity index (χ2n) is 2.23. The van der Waals surface area contributed by atoms with Crippen LogP contribution in [0.4, 0.5) is 0 Å². The summed E-state index contributed by atoms with van der Waals surface area (Å²) in [4.78, 5) is 10.1. The van der Waals surface area contributed by atoms with Crippen molar-refractivity contribution >= 4 is 17.6 Å². The third-order valence-corrected chi connectivity index (χ3v) is 1.50. The van der Waals surface area contributed by atoms with Crippen LogP contribution in [0.15, 0.2) is 36.4 Å². The topological polar surface area (TPSA) is 37.3 Å². The monoisotopic (exact) mass is 186 g/mol. The molecule has 1 unspecified atom stereocenters. The van der Waals surface area contributed by atoms with Crippen molar-refractivity contribution in [3.05, 3.63) is 36.4 Å². The van der Waals surface area contributed by atoms with Crippen molar-refractivity contribution in [2.24, 2.45) is 5.92 Å². The predicted octanol–water partition coefficient (Wildman–Crippen LogP) is 2.57. The molecule has 0 heterocycles. The summed E-state index contributed by atoms with van der Waals surface area (Å²) >= 11 is 5.59. The van der Waals surface area contributed by atoms with Gasteiger partial charge < -0.3 is 5.11 Å². The summed E-state index contributed by atoms with van der Waals surface area (Å²) in [5.74, 6) is -1.01. The summed E-state index contributed by atoms with van der Waals surface area (Å²) in [7, 11) is 0. The Bertz CT molecular complexity index is 219. The maximum Gasteiger partial charge on any atom is 0.307 e. The van der Waals surface area contributed by atoms with Crippen molar-refractivity contribution < 1.29 is 9.90 Å². The molecular weight excluding hydrogens is 176 g/mol. The van der Waals surface area contributed by atoms with Crippen LogP contribution in [0.3, 0.4) is 0 Å². The summed E-state index contributed by atoms with van der Waals surface area (Å²) in [5.41, 5.74) is 0. The second-order valence-corrected chi connectivity index (χ2v) is 2.72. The Hall–Kier alpha value is -1.02. The summed E-state index contributed by atoms with van der Waals surface area (Å²) in [6.45, 7) is 7.06. The first kappa shape index (κ1) is 11.0. The molecule has 0 aliphatic heterocycles. The average Bonchev–Trinajstić information content (AvgIpc) is 1.96. The van der Waals surface area contributed by atoms with Crippen LogP contribution in [-0.4, -0.2) is 11.1 Å². The molecule has 0 aliphatic carbocycles. The lowest BCUT2D eigenvalue weighted by atomic mass is 10.1. The number of hydrogen-bond donors (Lipinski definition) is 1. The number of halogens is 1. The summed E-state index contributed by atoms with van der Waals surface area (Å²) in [6.07, 6.45) is 4.79. The van der Waals surface area contributed by atoms with Crippen LogP contribution < -0.4 is 0 Å². The number of hydrogen-bond acceptors (Lipinski definition) is 1. The summed E-state index contributed by atoms with van der Waals surface area (Å²) in [5, 5.41) is 8.74. The number of allylic oxidation sites excluding steroid dienone is 3. The van der Waals surface area contributed by atoms with E-state index in [9.17, 15) is 4.79 Å². The molecule has 0 saturated carbocycles. The normalized spacial score (nSPS) is 12.8. The molecular formula is C9H11ClO2. The average molecular weight is 187 g/mol. The third-order valence-electron chi connectivity index (χ3n) is 1.25. The molecule has 0 aromatic carbocycles. The van der Waals surface area contributed by atoms with E-state index in [0.717, 1.165) is 0 Å². The van der Waals surface area contributed by atoms with Crippen LogP contribution in [0.1, 0.15) is 6.42 Å². The summed E-state index contributed by atoms with van der Waals surface area (Å²) in [6, 6.07) is 0. The number of aliphatic carboxylic acids is 1.